The molecule has 2 heterocycles. The highest BCUT2D eigenvalue weighted by Gasteiger charge is 2.32. The first-order chi connectivity index (χ1) is 14.7. The molecular formula is C23H18FN5S. The zero-order chi connectivity index (χ0) is 20.5. The Bertz CT molecular complexity index is 1190. The van der Waals surface area contributed by atoms with Gasteiger partial charge >= 0.3 is 0 Å². The lowest BCUT2D eigenvalue weighted by molar-refractivity contribution is 0.589. The summed E-state index contributed by atoms with van der Waals surface area (Å²) in [6.07, 6.45) is 1.43. The number of hydrogen-bond acceptors (Lipinski definition) is 6. The van der Waals surface area contributed by atoms with Crippen LogP contribution in [0.15, 0.2) is 96.6 Å². The number of hydrazone groups is 1. The Labute approximate surface area is 177 Å². The van der Waals surface area contributed by atoms with E-state index in [1.165, 1.54) is 12.1 Å². The largest absolute Gasteiger partial charge is 0.275 e. The van der Waals surface area contributed by atoms with Crippen LogP contribution in [0.5, 0.6) is 0 Å². The summed E-state index contributed by atoms with van der Waals surface area (Å²) in [6.45, 7) is 4.02. The molecule has 0 amide bonds. The van der Waals surface area contributed by atoms with Crippen LogP contribution in [-0.2, 0) is 0 Å². The number of aromatic nitrogens is 1. The van der Waals surface area contributed by atoms with Crippen molar-refractivity contribution in [1.82, 2.24) is 10.4 Å². The minimum Gasteiger partial charge on any atom is -0.275 e. The van der Waals surface area contributed by atoms with E-state index >= 15 is 0 Å². The fourth-order valence-electron chi connectivity index (χ4n) is 3.33. The summed E-state index contributed by atoms with van der Waals surface area (Å²) in [5, 5.41) is 9.36. The Kier molecular flexibility index (Phi) is 4.65. The Morgan fingerprint density at radius 3 is 2.43 bits per heavy atom. The Balaban J connectivity index is 1.64. The van der Waals surface area contributed by atoms with E-state index in [0.29, 0.717) is 5.84 Å². The van der Waals surface area contributed by atoms with Crippen molar-refractivity contribution in [1.29, 1.82) is 0 Å². The predicted molar refractivity (Wildman–Crippen MR) is 121 cm³/mol. The number of rotatable bonds is 4. The minimum atomic E-state index is -0.358. The first-order valence-electron chi connectivity index (χ1n) is 9.46. The second-order valence-corrected chi connectivity index (χ2v) is 7.74. The molecule has 148 valence electrons. The van der Waals surface area contributed by atoms with Crippen molar-refractivity contribution in [2.75, 3.05) is 10.0 Å². The molecule has 4 aromatic rings. The summed E-state index contributed by atoms with van der Waals surface area (Å²) in [4.78, 5) is 4.80. The monoisotopic (exact) mass is 415 g/mol. The van der Waals surface area contributed by atoms with Crippen molar-refractivity contribution in [3.63, 3.8) is 0 Å². The molecule has 5 rings (SSSR count). The molecule has 30 heavy (non-hydrogen) atoms. The normalized spacial score (nSPS) is 16.3. The molecule has 0 aliphatic carbocycles. The van der Waals surface area contributed by atoms with Gasteiger partial charge in [0.05, 0.1) is 15.9 Å². The smallest absolute Gasteiger partial charge is 0.207 e. The van der Waals surface area contributed by atoms with Gasteiger partial charge in [-0.3, -0.25) is 5.43 Å². The molecule has 1 aliphatic heterocycles. The number of nitrogens with one attached hydrogen (secondary N) is 1. The van der Waals surface area contributed by atoms with Crippen LogP contribution in [0.25, 0.3) is 10.2 Å². The van der Waals surface area contributed by atoms with Gasteiger partial charge in [-0.2, -0.15) is 5.10 Å². The summed E-state index contributed by atoms with van der Waals surface area (Å²) in [5.41, 5.74) is 6.01. The summed E-state index contributed by atoms with van der Waals surface area (Å²) in [5.74, 6) is 0.372. The Morgan fingerprint density at radius 2 is 1.70 bits per heavy atom. The highest BCUT2D eigenvalue weighted by molar-refractivity contribution is 7.22. The van der Waals surface area contributed by atoms with Gasteiger partial charge in [0.2, 0.25) is 5.13 Å². The van der Waals surface area contributed by atoms with Crippen LogP contribution in [-0.4, -0.2) is 17.0 Å². The number of anilines is 2. The summed E-state index contributed by atoms with van der Waals surface area (Å²) in [7, 11) is 0. The summed E-state index contributed by atoms with van der Waals surface area (Å²) in [6, 6.07) is 24.1. The van der Waals surface area contributed by atoms with E-state index in [1.807, 2.05) is 64.6 Å². The molecule has 1 aromatic heterocycles. The van der Waals surface area contributed by atoms with Gasteiger partial charge in [-0.1, -0.05) is 60.4 Å². The van der Waals surface area contributed by atoms with Crippen LogP contribution in [0, 0.1) is 5.82 Å². The molecule has 0 bridgehead atoms. The van der Waals surface area contributed by atoms with Gasteiger partial charge in [0.15, 0.2) is 12.0 Å². The van der Waals surface area contributed by atoms with Gasteiger partial charge < -0.3 is 0 Å². The maximum Gasteiger partial charge on any atom is 0.207 e. The molecule has 1 unspecified atom stereocenters. The standard InChI is InChI=1S/C23H18FN5S/c1-2-21-28(18-14-12-17(24)13-15-18)26-22(16-8-4-3-5-9-16)27-29(21)23-25-19-10-6-7-11-20(19)30-23/h2-15,21H,1H2,(H,26,27). The van der Waals surface area contributed by atoms with E-state index < -0.39 is 0 Å². The van der Waals surface area contributed by atoms with Gasteiger partial charge in [-0.15, -0.1) is 0 Å². The fourth-order valence-corrected chi connectivity index (χ4v) is 4.29. The molecule has 7 heteroatoms. The lowest BCUT2D eigenvalue weighted by Crippen LogP contribution is -2.59. The predicted octanol–water partition coefficient (Wildman–Crippen LogP) is 5.14. The maximum absolute atomic E-state index is 13.5. The van der Waals surface area contributed by atoms with Gasteiger partial charge in [-0.05, 0) is 42.5 Å². The van der Waals surface area contributed by atoms with Crippen molar-refractivity contribution in [2.24, 2.45) is 5.10 Å². The van der Waals surface area contributed by atoms with Crippen LogP contribution in [0.3, 0.4) is 0 Å². The molecule has 3 aromatic carbocycles. The zero-order valence-electron chi connectivity index (χ0n) is 15.9. The number of nitrogens with zero attached hydrogens (tertiary/aromatic N) is 4. The van der Waals surface area contributed by atoms with Gasteiger partial charge in [0.1, 0.15) is 5.82 Å². The van der Waals surface area contributed by atoms with E-state index in [0.717, 1.165) is 26.6 Å². The second-order valence-electron chi connectivity index (χ2n) is 6.73. The third-order valence-electron chi connectivity index (χ3n) is 4.79. The number of benzene rings is 3. The Hall–Kier alpha value is -3.71. The number of fused-ring (bicyclic) bond motifs is 1. The van der Waals surface area contributed by atoms with Crippen LogP contribution >= 0.6 is 11.3 Å². The fraction of sp³-hybridized carbons (Fsp3) is 0.0435. The lowest BCUT2D eigenvalue weighted by Gasteiger charge is -2.41. The molecular weight excluding hydrogens is 397 g/mol. The maximum atomic E-state index is 13.5. The van der Waals surface area contributed by atoms with Crippen LogP contribution in [0.1, 0.15) is 5.56 Å². The van der Waals surface area contributed by atoms with E-state index in [-0.39, 0.29) is 12.0 Å². The lowest BCUT2D eigenvalue weighted by atomic mass is 10.2. The topological polar surface area (TPSA) is 43.8 Å². The van der Waals surface area contributed by atoms with Crippen molar-refractivity contribution in [3.8, 4) is 0 Å². The Morgan fingerprint density at radius 1 is 0.967 bits per heavy atom. The molecule has 1 atom stereocenters. The van der Waals surface area contributed by atoms with E-state index in [4.69, 9.17) is 10.1 Å². The van der Waals surface area contributed by atoms with Crippen LogP contribution in [0.4, 0.5) is 15.2 Å². The molecule has 0 saturated heterocycles. The van der Waals surface area contributed by atoms with E-state index in [2.05, 4.69) is 12.0 Å². The number of hydrogen-bond donors (Lipinski definition) is 1. The van der Waals surface area contributed by atoms with Gasteiger partial charge in [0, 0.05) is 5.56 Å². The molecule has 5 nitrogen and oxygen atoms in total. The van der Waals surface area contributed by atoms with Crippen molar-refractivity contribution < 1.29 is 4.39 Å². The van der Waals surface area contributed by atoms with Crippen molar-refractivity contribution in [3.05, 3.63) is 103 Å². The van der Waals surface area contributed by atoms with Crippen molar-refractivity contribution >= 4 is 38.2 Å². The highest BCUT2D eigenvalue weighted by atomic mass is 32.1. The number of para-hydroxylation sites is 1. The van der Waals surface area contributed by atoms with Crippen LogP contribution < -0.4 is 15.4 Å². The SMILES string of the molecule is C=CC1N(c2ccc(F)cc2)N=C(c2ccccc2)NN1c1nc2ccccc2s1. The zero-order valence-corrected chi connectivity index (χ0v) is 16.8. The van der Waals surface area contributed by atoms with Gasteiger partial charge in [-0.25, -0.2) is 19.4 Å². The number of amidine groups is 1. The summed E-state index contributed by atoms with van der Waals surface area (Å²) < 4.78 is 14.6. The van der Waals surface area contributed by atoms with Gasteiger partial charge in [0.25, 0.3) is 0 Å². The summed E-state index contributed by atoms with van der Waals surface area (Å²) >= 11 is 1.58. The molecule has 1 N–H and O–H groups in total. The second kappa shape index (κ2) is 7.61. The third-order valence-corrected chi connectivity index (χ3v) is 5.82. The quantitative estimate of drug-likeness (QED) is 0.469. The van der Waals surface area contributed by atoms with Crippen LogP contribution in [0.2, 0.25) is 0 Å². The first kappa shape index (κ1) is 18.3. The molecule has 0 radical (unpaired) electrons. The third kappa shape index (κ3) is 3.29. The molecule has 1 aliphatic rings. The number of hydrazine groups is 1. The average molecular weight is 415 g/mol. The molecule has 0 fully saturated rings. The first-order valence-corrected chi connectivity index (χ1v) is 10.3. The van der Waals surface area contributed by atoms with Crippen molar-refractivity contribution in [2.45, 2.75) is 6.17 Å². The average Bonchev–Trinajstić information content (AvgIpc) is 3.23. The number of thiazole rings is 1. The van der Waals surface area contributed by atoms with E-state index in [9.17, 15) is 4.39 Å². The molecule has 0 saturated carbocycles. The minimum absolute atomic E-state index is 0.292. The van der Waals surface area contributed by atoms with E-state index in [1.54, 1.807) is 29.5 Å². The highest BCUT2D eigenvalue weighted by Crippen LogP contribution is 2.32. The molecule has 0 spiro atoms. The number of halogens is 1.